The van der Waals surface area contributed by atoms with Crippen molar-refractivity contribution in [3.8, 4) is 17.2 Å². The van der Waals surface area contributed by atoms with Gasteiger partial charge in [0.15, 0.2) is 11.5 Å². The predicted molar refractivity (Wildman–Crippen MR) is 99.6 cm³/mol. The van der Waals surface area contributed by atoms with E-state index in [-0.39, 0.29) is 0 Å². The molecule has 0 saturated carbocycles. The molecular formula is C19H14N4O4. The average molecular weight is 362 g/mol. The molecule has 0 aliphatic heterocycles. The molecule has 0 bridgehead atoms. The fourth-order valence-corrected chi connectivity index (χ4v) is 3.53. The number of hydrogen-bond donors (Lipinski definition) is 0. The summed E-state index contributed by atoms with van der Waals surface area (Å²) in [5.74, 6) is 1.58. The second kappa shape index (κ2) is 5.66. The Balaban J connectivity index is 2.15. The summed E-state index contributed by atoms with van der Waals surface area (Å²) in [5, 5.41) is 11.3. The van der Waals surface area contributed by atoms with Crippen LogP contribution in [-0.2, 0) is 0 Å². The molecule has 0 amide bonds. The van der Waals surface area contributed by atoms with Gasteiger partial charge in [0.25, 0.3) is 0 Å². The van der Waals surface area contributed by atoms with Crippen molar-refractivity contribution in [2.75, 3.05) is 21.3 Å². The molecule has 0 aliphatic rings. The number of methoxy groups -OCH3 is 3. The Morgan fingerprint density at radius 2 is 1.41 bits per heavy atom. The van der Waals surface area contributed by atoms with Gasteiger partial charge in [-0.15, -0.1) is 0 Å². The molecule has 5 aromatic rings. The van der Waals surface area contributed by atoms with Crippen molar-refractivity contribution in [1.82, 2.24) is 20.3 Å². The molecule has 0 spiro atoms. The summed E-state index contributed by atoms with van der Waals surface area (Å²) < 4.78 is 21.6. The molecule has 8 heteroatoms. The van der Waals surface area contributed by atoms with Crippen LogP contribution < -0.4 is 14.2 Å². The van der Waals surface area contributed by atoms with Crippen molar-refractivity contribution in [2.24, 2.45) is 0 Å². The van der Waals surface area contributed by atoms with Gasteiger partial charge < -0.3 is 14.2 Å². The van der Waals surface area contributed by atoms with Crippen molar-refractivity contribution in [3.63, 3.8) is 0 Å². The highest BCUT2D eigenvalue weighted by molar-refractivity contribution is 6.26. The zero-order chi connectivity index (χ0) is 18.5. The van der Waals surface area contributed by atoms with Crippen molar-refractivity contribution in [3.05, 3.63) is 30.3 Å². The van der Waals surface area contributed by atoms with E-state index < -0.39 is 0 Å². The van der Waals surface area contributed by atoms with Crippen molar-refractivity contribution < 1.29 is 18.8 Å². The maximum absolute atomic E-state index is 5.71. The summed E-state index contributed by atoms with van der Waals surface area (Å²) in [6.45, 7) is 0. The number of hydrogen-bond acceptors (Lipinski definition) is 8. The lowest BCUT2D eigenvalue weighted by Gasteiger charge is -2.17. The lowest BCUT2D eigenvalue weighted by atomic mass is 9.98. The average Bonchev–Trinajstić information content (AvgIpc) is 3.18. The third kappa shape index (κ3) is 2.03. The summed E-state index contributed by atoms with van der Waals surface area (Å²) >= 11 is 0. The number of ether oxygens (including phenoxy) is 3. The summed E-state index contributed by atoms with van der Waals surface area (Å²) in [4.78, 5) is 9.28. The molecule has 0 unspecified atom stereocenters. The van der Waals surface area contributed by atoms with Crippen LogP contribution in [-0.4, -0.2) is 41.6 Å². The van der Waals surface area contributed by atoms with E-state index in [0.29, 0.717) is 39.6 Å². The van der Waals surface area contributed by atoms with Gasteiger partial charge in [0.1, 0.15) is 11.0 Å². The van der Waals surface area contributed by atoms with Gasteiger partial charge in [-0.25, -0.2) is 14.6 Å². The molecule has 8 nitrogen and oxygen atoms in total. The van der Waals surface area contributed by atoms with Gasteiger partial charge in [-0.3, -0.25) is 0 Å². The predicted octanol–water partition coefficient (Wildman–Crippen LogP) is 3.50. The van der Waals surface area contributed by atoms with Crippen molar-refractivity contribution in [1.29, 1.82) is 0 Å². The Morgan fingerprint density at radius 3 is 2.07 bits per heavy atom. The molecule has 0 atom stereocenters. The standard InChI is InChI=1S/C19H14N4O4/c1-24-12-8-11-9-6-4-5-7-10(9)14-15(13(11)17(26-3)16(12)25-2)21-19-18(20-14)22-27-23-19/h4-8H,1-3H3. The second-order valence-electron chi connectivity index (χ2n) is 5.95. The molecule has 0 aliphatic carbocycles. The van der Waals surface area contributed by atoms with Gasteiger partial charge in [0.05, 0.1) is 26.7 Å². The van der Waals surface area contributed by atoms with Crippen LogP contribution in [0.3, 0.4) is 0 Å². The van der Waals surface area contributed by atoms with E-state index in [1.807, 2.05) is 30.3 Å². The molecule has 0 saturated heterocycles. The van der Waals surface area contributed by atoms with Crippen LogP contribution in [0.25, 0.3) is 43.9 Å². The zero-order valence-electron chi connectivity index (χ0n) is 14.8. The highest BCUT2D eigenvalue weighted by Gasteiger charge is 2.22. The number of aromatic nitrogens is 4. The van der Waals surface area contributed by atoms with Crippen LogP contribution in [0.4, 0.5) is 0 Å². The molecular weight excluding hydrogens is 348 g/mol. The molecule has 27 heavy (non-hydrogen) atoms. The summed E-state index contributed by atoms with van der Waals surface area (Å²) in [5.41, 5.74) is 2.00. The normalized spacial score (nSPS) is 11.5. The van der Waals surface area contributed by atoms with Crippen LogP contribution in [0.5, 0.6) is 17.2 Å². The zero-order valence-corrected chi connectivity index (χ0v) is 14.8. The molecule has 0 fully saturated rings. The van der Waals surface area contributed by atoms with Crippen molar-refractivity contribution in [2.45, 2.75) is 0 Å². The van der Waals surface area contributed by atoms with Gasteiger partial charge in [0, 0.05) is 5.39 Å². The lowest BCUT2D eigenvalue weighted by Crippen LogP contribution is -1.98. The topological polar surface area (TPSA) is 92.4 Å². The van der Waals surface area contributed by atoms with E-state index in [9.17, 15) is 0 Å². The number of rotatable bonds is 3. The first kappa shape index (κ1) is 15.6. The van der Waals surface area contributed by atoms with Crippen molar-refractivity contribution >= 4 is 43.9 Å². The number of fused-ring (bicyclic) bond motifs is 7. The molecule has 0 radical (unpaired) electrons. The lowest BCUT2D eigenvalue weighted by molar-refractivity contribution is 0.314. The molecule has 2 heterocycles. The Hall–Kier alpha value is -3.68. The van der Waals surface area contributed by atoms with E-state index in [4.69, 9.17) is 18.8 Å². The first-order chi connectivity index (χ1) is 13.3. The summed E-state index contributed by atoms with van der Waals surface area (Å²) in [6, 6.07) is 9.87. The fraction of sp³-hybridized carbons (Fsp3) is 0.158. The van der Waals surface area contributed by atoms with Gasteiger partial charge in [-0.2, -0.15) is 0 Å². The fourth-order valence-electron chi connectivity index (χ4n) is 3.53. The van der Waals surface area contributed by atoms with Crippen LogP contribution in [0.1, 0.15) is 0 Å². The Labute approximate surface area is 152 Å². The van der Waals surface area contributed by atoms with E-state index >= 15 is 0 Å². The quantitative estimate of drug-likeness (QED) is 0.450. The Morgan fingerprint density at radius 1 is 0.741 bits per heavy atom. The second-order valence-corrected chi connectivity index (χ2v) is 5.95. The van der Waals surface area contributed by atoms with Crippen LogP contribution in [0.2, 0.25) is 0 Å². The van der Waals surface area contributed by atoms with Crippen LogP contribution in [0.15, 0.2) is 35.0 Å². The number of benzene rings is 3. The third-order valence-electron chi connectivity index (χ3n) is 4.65. The van der Waals surface area contributed by atoms with Crippen LogP contribution >= 0.6 is 0 Å². The minimum Gasteiger partial charge on any atom is -0.493 e. The summed E-state index contributed by atoms with van der Waals surface area (Å²) in [6.07, 6.45) is 0. The Bertz CT molecular complexity index is 1350. The number of nitrogens with zero attached hydrogens (tertiary/aromatic N) is 4. The van der Waals surface area contributed by atoms with Gasteiger partial charge in [-0.05, 0) is 27.2 Å². The SMILES string of the molecule is COc1cc2c3ccccc3c3nc4nonc4nc3c2c(OC)c1OC. The molecule has 2 aromatic heterocycles. The Kier molecular flexibility index (Phi) is 3.27. The van der Waals surface area contributed by atoms with E-state index in [1.165, 1.54) is 0 Å². The molecule has 5 rings (SSSR count). The smallest absolute Gasteiger partial charge is 0.243 e. The monoisotopic (exact) mass is 362 g/mol. The van der Waals surface area contributed by atoms with E-state index in [2.05, 4.69) is 20.3 Å². The first-order valence-electron chi connectivity index (χ1n) is 8.20. The third-order valence-corrected chi connectivity index (χ3v) is 4.65. The maximum atomic E-state index is 5.71. The first-order valence-corrected chi connectivity index (χ1v) is 8.20. The van der Waals surface area contributed by atoms with Gasteiger partial charge >= 0.3 is 0 Å². The van der Waals surface area contributed by atoms with Gasteiger partial charge in [0.2, 0.25) is 17.0 Å². The summed E-state index contributed by atoms with van der Waals surface area (Å²) in [7, 11) is 4.75. The molecule has 134 valence electrons. The van der Waals surface area contributed by atoms with E-state index in [0.717, 1.165) is 21.5 Å². The van der Waals surface area contributed by atoms with E-state index in [1.54, 1.807) is 21.3 Å². The van der Waals surface area contributed by atoms with Gasteiger partial charge in [-0.1, -0.05) is 24.3 Å². The molecule has 0 N–H and O–H groups in total. The highest BCUT2D eigenvalue weighted by Crippen LogP contribution is 2.48. The maximum Gasteiger partial charge on any atom is 0.243 e. The minimum absolute atomic E-state index is 0.330. The highest BCUT2D eigenvalue weighted by atomic mass is 16.6. The minimum atomic E-state index is 0.330. The van der Waals surface area contributed by atoms with Crippen LogP contribution in [0, 0.1) is 0 Å². The largest absolute Gasteiger partial charge is 0.493 e. The molecule has 3 aromatic carbocycles.